The molecular formula is C16H17ClFN3O2. The second-order valence-electron chi connectivity index (χ2n) is 4.91. The van der Waals surface area contributed by atoms with Crippen molar-refractivity contribution in [3.63, 3.8) is 0 Å². The Bertz CT molecular complexity index is 738. The summed E-state index contributed by atoms with van der Waals surface area (Å²) in [5.74, 6) is 0.219. The smallest absolute Gasteiger partial charge is 0.337 e. The van der Waals surface area contributed by atoms with Crippen LogP contribution < -0.4 is 5.32 Å². The Morgan fingerprint density at radius 2 is 2.13 bits per heavy atom. The average Bonchev–Trinajstić information content (AvgIpc) is 2.56. The number of esters is 1. The molecule has 0 unspecified atom stereocenters. The van der Waals surface area contributed by atoms with E-state index in [0.717, 1.165) is 0 Å². The van der Waals surface area contributed by atoms with Crippen LogP contribution >= 0.6 is 11.6 Å². The minimum absolute atomic E-state index is 0.161. The minimum atomic E-state index is -0.513. The summed E-state index contributed by atoms with van der Waals surface area (Å²) in [5, 5.41) is 3.41. The lowest BCUT2D eigenvalue weighted by molar-refractivity contribution is 0.0600. The van der Waals surface area contributed by atoms with Crippen molar-refractivity contribution in [2.24, 2.45) is 0 Å². The van der Waals surface area contributed by atoms with Crippen LogP contribution in [0.1, 0.15) is 34.2 Å². The van der Waals surface area contributed by atoms with Crippen LogP contribution in [0, 0.1) is 12.7 Å². The molecule has 2 rings (SSSR count). The lowest BCUT2D eigenvalue weighted by Gasteiger charge is -2.12. The van der Waals surface area contributed by atoms with E-state index in [4.69, 9.17) is 11.6 Å². The predicted octanol–water partition coefficient (Wildman–Crippen LogP) is 3.54. The number of nitrogens with one attached hydrogen (secondary N) is 1. The van der Waals surface area contributed by atoms with Gasteiger partial charge in [0.1, 0.15) is 22.6 Å². The molecule has 0 atom stereocenters. The molecular weight excluding hydrogens is 321 g/mol. The summed E-state index contributed by atoms with van der Waals surface area (Å²) < 4.78 is 18.6. The van der Waals surface area contributed by atoms with Crippen molar-refractivity contribution in [2.75, 3.05) is 12.4 Å². The van der Waals surface area contributed by atoms with Crippen molar-refractivity contribution in [1.29, 1.82) is 0 Å². The Morgan fingerprint density at radius 3 is 2.78 bits per heavy atom. The molecule has 2 aromatic rings. The van der Waals surface area contributed by atoms with Crippen molar-refractivity contribution in [3.05, 3.63) is 51.7 Å². The highest BCUT2D eigenvalue weighted by molar-refractivity contribution is 6.30. The zero-order chi connectivity index (χ0) is 17.0. The molecule has 5 nitrogen and oxygen atoms in total. The topological polar surface area (TPSA) is 64.1 Å². The van der Waals surface area contributed by atoms with Crippen molar-refractivity contribution < 1.29 is 13.9 Å². The number of nitrogens with zero attached hydrogens (tertiary/aromatic N) is 2. The monoisotopic (exact) mass is 337 g/mol. The molecule has 0 bridgehead atoms. The highest BCUT2D eigenvalue weighted by atomic mass is 35.5. The van der Waals surface area contributed by atoms with Crippen LogP contribution in [0.3, 0.4) is 0 Å². The number of aromatic nitrogens is 2. The fourth-order valence-electron chi connectivity index (χ4n) is 2.00. The van der Waals surface area contributed by atoms with E-state index in [1.807, 2.05) is 6.92 Å². The van der Waals surface area contributed by atoms with E-state index in [1.54, 1.807) is 6.92 Å². The first kappa shape index (κ1) is 17.1. The summed E-state index contributed by atoms with van der Waals surface area (Å²) in [4.78, 5) is 20.0. The average molecular weight is 338 g/mol. The maximum atomic E-state index is 13.9. The summed E-state index contributed by atoms with van der Waals surface area (Å²) in [6.07, 6.45) is 0.640. The maximum Gasteiger partial charge on any atom is 0.337 e. The van der Waals surface area contributed by atoms with Gasteiger partial charge in [0.2, 0.25) is 0 Å². The number of ether oxygens (including phenoxy) is 1. The van der Waals surface area contributed by atoms with E-state index in [9.17, 15) is 9.18 Å². The van der Waals surface area contributed by atoms with E-state index >= 15 is 0 Å². The largest absolute Gasteiger partial charge is 0.465 e. The molecule has 7 heteroatoms. The molecule has 0 radical (unpaired) electrons. The van der Waals surface area contributed by atoms with Gasteiger partial charge in [-0.05, 0) is 25.1 Å². The van der Waals surface area contributed by atoms with Crippen molar-refractivity contribution in [1.82, 2.24) is 9.97 Å². The van der Waals surface area contributed by atoms with Gasteiger partial charge in [-0.25, -0.2) is 19.2 Å². The fourth-order valence-corrected chi connectivity index (χ4v) is 2.18. The van der Waals surface area contributed by atoms with Crippen LogP contribution in [0.2, 0.25) is 5.15 Å². The third-order valence-electron chi connectivity index (χ3n) is 3.36. The Labute approximate surface area is 138 Å². The lowest BCUT2D eigenvalue weighted by Crippen LogP contribution is -2.09. The molecule has 0 fully saturated rings. The zero-order valence-electron chi connectivity index (χ0n) is 13.1. The van der Waals surface area contributed by atoms with Gasteiger partial charge in [-0.3, -0.25) is 0 Å². The first-order valence-corrected chi connectivity index (χ1v) is 7.47. The Morgan fingerprint density at radius 1 is 1.39 bits per heavy atom. The molecule has 0 spiro atoms. The number of carbonyl (C=O) groups excluding carboxylic acids is 1. The van der Waals surface area contributed by atoms with Crippen molar-refractivity contribution in [2.45, 2.75) is 26.8 Å². The van der Waals surface area contributed by atoms with Crippen molar-refractivity contribution >= 4 is 23.4 Å². The summed E-state index contributed by atoms with van der Waals surface area (Å²) >= 11 is 6.07. The van der Waals surface area contributed by atoms with Gasteiger partial charge in [-0.2, -0.15) is 0 Å². The second kappa shape index (κ2) is 7.37. The quantitative estimate of drug-likeness (QED) is 0.668. The summed E-state index contributed by atoms with van der Waals surface area (Å²) in [6.45, 7) is 3.86. The third kappa shape index (κ3) is 3.96. The number of rotatable bonds is 5. The first-order valence-electron chi connectivity index (χ1n) is 7.09. The van der Waals surface area contributed by atoms with Crippen LogP contribution in [0.25, 0.3) is 0 Å². The van der Waals surface area contributed by atoms with Gasteiger partial charge in [0.15, 0.2) is 0 Å². The van der Waals surface area contributed by atoms with Crippen LogP contribution in [0.15, 0.2) is 18.2 Å². The van der Waals surface area contributed by atoms with Crippen LogP contribution in [0.5, 0.6) is 0 Å². The molecule has 0 amide bonds. The van der Waals surface area contributed by atoms with E-state index in [-0.39, 0.29) is 12.1 Å². The lowest BCUT2D eigenvalue weighted by atomic mass is 10.1. The van der Waals surface area contributed by atoms with Gasteiger partial charge >= 0.3 is 5.97 Å². The number of benzene rings is 1. The number of carbonyl (C=O) groups is 1. The fraction of sp³-hybridized carbons (Fsp3) is 0.312. The number of halogens is 2. The molecule has 1 aromatic heterocycles. The molecule has 122 valence electrons. The van der Waals surface area contributed by atoms with Crippen LogP contribution in [0.4, 0.5) is 10.2 Å². The van der Waals surface area contributed by atoms with Gasteiger partial charge in [0.05, 0.1) is 12.7 Å². The van der Waals surface area contributed by atoms with Crippen LogP contribution in [-0.2, 0) is 17.7 Å². The predicted molar refractivity (Wildman–Crippen MR) is 86.2 cm³/mol. The Hall–Kier alpha value is -2.21. The third-order valence-corrected chi connectivity index (χ3v) is 3.73. The Kier molecular flexibility index (Phi) is 5.50. The van der Waals surface area contributed by atoms with Gasteiger partial charge < -0.3 is 10.1 Å². The van der Waals surface area contributed by atoms with E-state index in [1.165, 1.54) is 25.3 Å². The summed E-state index contributed by atoms with van der Waals surface area (Å²) in [6, 6.07) is 4.07. The van der Waals surface area contributed by atoms with Gasteiger partial charge in [-0.15, -0.1) is 0 Å². The van der Waals surface area contributed by atoms with Crippen molar-refractivity contribution in [3.8, 4) is 0 Å². The maximum absolute atomic E-state index is 13.9. The zero-order valence-corrected chi connectivity index (χ0v) is 13.9. The second-order valence-corrected chi connectivity index (χ2v) is 5.27. The first-order chi connectivity index (χ1) is 11.0. The number of hydrogen-bond acceptors (Lipinski definition) is 5. The SMILES string of the molecule is CCc1nc(Cl)c(C)c(NCc2cc(C(=O)OC)ccc2F)n1. The highest BCUT2D eigenvalue weighted by Crippen LogP contribution is 2.21. The molecule has 0 aliphatic carbocycles. The Balaban J connectivity index is 2.24. The molecule has 0 aliphatic heterocycles. The van der Waals surface area contributed by atoms with E-state index < -0.39 is 11.8 Å². The molecule has 1 aromatic carbocycles. The number of anilines is 1. The number of hydrogen-bond donors (Lipinski definition) is 1. The highest BCUT2D eigenvalue weighted by Gasteiger charge is 2.12. The molecule has 1 heterocycles. The summed E-state index contributed by atoms with van der Waals surface area (Å²) in [7, 11) is 1.28. The van der Waals surface area contributed by atoms with Gasteiger partial charge in [-0.1, -0.05) is 18.5 Å². The molecule has 0 saturated carbocycles. The molecule has 1 N–H and O–H groups in total. The number of methoxy groups -OCH3 is 1. The minimum Gasteiger partial charge on any atom is -0.465 e. The molecule has 0 saturated heterocycles. The molecule has 0 aliphatic rings. The molecule has 23 heavy (non-hydrogen) atoms. The van der Waals surface area contributed by atoms with Gasteiger partial charge in [0.25, 0.3) is 0 Å². The van der Waals surface area contributed by atoms with Gasteiger partial charge in [0, 0.05) is 24.1 Å². The normalized spacial score (nSPS) is 10.5. The standard InChI is InChI=1S/C16H17ClFN3O2/c1-4-13-20-14(17)9(2)15(21-13)19-8-11-7-10(16(22)23-3)5-6-12(11)18/h5-7H,4,8H2,1-3H3,(H,19,20,21). The van der Waals surface area contributed by atoms with Crippen LogP contribution in [-0.4, -0.2) is 23.0 Å². The number of aryl methyl sites for hydroxylation is 1. The van der Waals surface area contributed by atoms with E-state index in [2.05, 4.69) is 20.0 Å². The summed E-state index contributed by atoms with van der Waals surface area (Å²) in [5.41, 5.74) is 1.31. The van der Waals surface area contributed by atoms with E-state index in [0.29, 0.717) is 34.3 Å².